The van der Waals surface area contributed by atoms with E-state index in [1.807, 2.05) is 30.0 Å². The number of hydrogen-bond donors (Lipinski definition) is 0. The summed E-state index contributed by atoms with van der Waals surface area (Å²) in [7, 11) is 0. The summed E-state index contributed by atoms with van der Waals surface area (Å²) in [6, 6.07) is 5.71. The maximum Gasteiger partial charge on any atom is 0.225 e. The molecule has 1 aromatic carbocycles. The van der Waals surface area contributed by atoms with Crippen molar-refractivity contribution in [1.82, 2.24) is 4.90 Å². The molecule has 1 atom stereocenters. The molecule has 1 heterocycles. The Kier molecular flexibility index (Phi) is 4.68. The second-order valence-electron chi connectivity index (χ2n) is 4.87. The molecule has 0 N–H and O–H groups in total. The molecule has 1 aliphatic rings. The van der Waals surface area contributed by atoms with E-state index < -0.39 is 0 Å². The van der Waals surface area contributed by atoms with E-state index in [1.54, 1.807) is 0 Å². The molecule has 4 heteroatoms. The minimum atomic E-state index is 0.0119. The summed E-state index contributed by atoms with van der Waals surface area (Å²) in [5.74, 6) is 0.275. The predicted octanol–water partition coefficient (Wildman–Crippen LogP) is 3.90. The first-order valence-corrected chi connectivity index (χ1v) is 7.47. The molecular formula is C14H17BrClNO. The number of nitrogens with zero attached hydrogens (tertiary/aromatic N) is 1. The molecule has 0 aromatic heterocycles. The van der Waals surface area contributed by atoms with Crippen molar-refractivity contribution in [2.24, 2.45) is 5.92 Å². The van der Waals surface area contributed by atoms with Crippen LogP contribution in [-0.4, -0.2) is 23.9 Å². The van der Waals surface area contributed by atoms with Crippen molar-refractivity contribution in [2.75, 3.05) is 13.1 Å². The van der Waals surface area contributed by atoms with E-state index in [4.69, 9.17) is 11.6 Å². The van der Waals surface area contributed by atoms with Crippen LogP contribution in [0.1, 0.15) is 25.3 Å². The number of carbonyl (C=O) groups excluding carboxylic acids is 1. The fourth-order valence-corrected chi connectivity index (χ4v) is 2.97. The molecular weight excluding hydrogens is 314 g/mol. The van der Waals surface area contributed by atoms with Crippen LogP contribution in [0.15, 0.2) is 22.7 Å². The van der Waals surface area contributed by atoms with E-state index in [1.165, 1.54) is 0 Å². The van der Waals surface area contributed by atoms with Crippen molar-refractivity contribution in [1.29, 1.82) is 0 Å². The predicted molar refractivity (Wildman–Crippen MR) is 77.8 cm³/mol. The van der Waals surface area contributed by atoms with E-state index >= 15 is 0 Å². The zero-order chi connectivity index (χ0) is 13.1. The molecule has 1 unspecified atom stereocenters. The van der Waals surface area contributed by atoms with Gasteiger partial charge in [-0.15, -0.1) is 0 Å². The van der Waals surface area contributed by atoms with E-state index in [-0.39, 0.29) is 11.8 Å². The van der Waals surface area contributed by atoms with Gasteiger partial charge in [0.05, 0.1) is 0 Å². The number of amides is 1. The fourth-order valence-electron chi connectivity index (χ4n) is 2.37. The Labute approximate surface area is 121 Å². The Morgan fingerprint density at radius 1 is 1.44 bits per heavy atom. The lowest BCUT2D eigenvalue weighted by molar-refractivity contribution is -0.133. The van der Waals surface area contributed by atoms with Gasteiger partial charge in [-0.25, -0.2) is 0 Å². The highest BCUT2D eigenvalue weighted by molar-refractivity contribution is 9.10. The Morgan fingerprint density at radius 3 is 2.78 bits per heavy atom. The summed E-state index contributed by atoms with van der Waals surface area (Å²) in [6.45, 7) is 3.83. The topological polar surface area (TPSA) is 20.3 Å². The Bertz CT molecular complexity index is 443. The summed E-state index contributed by atoms with van der Waals surface area (Å²) in [6.07, 6.45) is 3.01. The third-order valence-electron chi connectivity index (χ3n) is 3.37. The minimum absolute atomic E-state index is 0.0119. The van der Waals surface area contributed by atoms with Gasteiger partial charge in [-0.2, -0.15) is 0 Å². The van der Waals surface area contributed by atoms with Gasteiger partial charge in [0.15, 0.2) is 0 Å². The van der Waals surface area contributed by atoms with Crippen molar-refractivity contribution in [2.45, 2.75) is 26.2 Å². The molecule has 1 saturated heterocycles. The summed E-state index contributed by atoms with van der Waals surface area (Å²) in [5.41, 5.74) is 1.10. The fraction of sp³-hybridized carbons (Fsp3) is 0.500. The molecule has 0 radical (unpaired) electrons. The van der Waals surface area contributed by atoms with Gasteiger partial charge >= 0.3 is 0 Å². The average Bonchev–Trinajstić information content (AvgIpc) is 2.86. The molecule has 1 aromatic rings. The quantitative estimate of drug-likeness (QED) is 0.823. The molecule has 1 fully saturated rings. The normalized spacial score (nSPS) is 16.9. The third-order valence-corrected chi connectivity index (χ3v) is 4.38. The molecule has 1 amide bonds. The number of rotatable bonds is 3. The summed E-state index contributed by atoms with van der Waals surface area (Å²) < 4.78 is 1.02. The largest absolute Gasteiger partial charge is 0.342 e. The standard InChI is InChI=1S/C14H17BrClNO/c1-10(14(18)17-6-2-3-7-17)8-11-9-12(16)4-5-13(11)15/h4-5,9-10H,2-3,6-8H2,1H3. The summed E-state index contributed by atoms with van der Waals surface area (Å²) in [4.78, 5) is 14.2. The summed E-state index contributed by atoms with van der Waals surface area (Å²) >= 11 is 9.50. The van der Waals surface area contributed by atoms with Crippen molar-refractivity contribution in [3.05, 3.63) is 33.3 Å². The maximum absolute atomic E-state index is 12.2. The summed E-state index contributed by atoms with van der Waals surface area (Å²) in [5, 5.41) is 0.717. The zero-order valence-electron chi connectivity index (χ0n) is 10.5. The second-order valence-corrected chi connectivity index (χ2v) is 6.16. The molecule has 98 valence electrons. The van der Waals surface area contributed by atoms with Crippen LogP contribution >= 0.6 is 27.5 Å². The second kappa shape index (κ2) is 6.07. The number of benzene rings is 1. The van der Waals surface area contributed by atoms with E-state index in [9.17, 15) is 4.79 Å². The number of hydrogen-bond acceptors (Lipinski definition) is 1. The van der Waals surface area contributed by atoms with Crippen LogP contribution in [0.2, 0.25) is 5.02 Å². The first-order chi connectivity index (χ1) is 8.58. The van der Waals surface area contributed by atoms with Crippen molar-refractivity contribution in [3.63, 3.8) is 0 Å². The zero-order valence-corrected chi connectivity index (χ0v) is 12.8. The first-order valence-electron chi connectivity index (χ1n) is 6.30. The monoisotopic (exact) mass is 329 g/mol. The number of halogens is 2. The van der Waals surface area contributed by atoms with Gasteiger partial charge < -0.3 is 4.90 Å². The minimum Gasteiger partial charge on any atom is -0.342 e. The lowest BCUT2D eigenvalue weighted by atomic mass is 10.00. The molecule has 0 aliphatic carbocycles. The first kappa shape index (κ1) is 13.9. The van der Waals surface area contributed by atoms with Gasteiger partial charge in [0, 0.05) is 28.5 Å². The molecule has 2 rings (SSSR count). The van der Waals surface area contributed by atoms with Gasteiger partial charge in [0.1, 0.15) is 0 Å². The molecule has 0 bridgehead atoms. The third kappa shape index (κ3) is 3.27. The maximum atomic E-state index is 12.2. The van der Waals surface area contributed by atoms with Crippen molar-refractivity contribution in [3.8, 4) is 0 Å². The van der Waals surface area contributed by atoms with E-state index in [2.05, 4.69) is 15.9 Å². The van der Waals surface area contributed by atoms with Gasteiger partial charge in [-0.1, -0.05) is 34.5 Å². The van der Waals surface area contributed by atoms with E-state index in [0.29, 0.717) is 5.02 Å². The van der Waals surface area contributed by atoms with Crippen LogP contribution in [-0.2, 0) is 11.2 Å². The van der Waals surface area contributed by atoms with Crippen LogP contribution in [0.4, 0.5) is 0 Å². The van der Waals surface area contributed by atoms with Crippen LogP contribution in [0, 0.1) is 5.92 Å². The van der Waals surface area contributed by atoms with Crippen molar-refractivity contribution >= 4 is 33.4 Å². The molecule has 1 aliphatic heterocycles. The molecule has 0 saturated carbocycles. The Morgan fingerprint density at radius 2 is 2.11 bits per heavy atom. The number of carbonyl (C=O) groups is 1. The highest BCUT2D eigenvalue weighted by Crippen LogP contribution is 2.25. The van der Waals surface area contributed by atoms with E-state index in [0.717, 1.165) is 42.4 Å². The van der Waals surface area contributed by atoms with Crippen LogP contribution in [0.25, 0.3) is 0 Å². The van der Waals surface area contributed by atoms with Gasteiger partial charge in [0.2, 0.25) is 5.91 Å². The van der Waals surface area contributed by atoms with Crippen LogP contribution in [0.3, 0.4) is 0 Å². The van der Waals surface area contributed by atoms with Gasteiger partial charge in [-0.3, -0.25) is 4.79 Å². The number of likely N-dealkylation sites (tertiary alicyclic amines) is 1. The molecule has 2 nitrogen and oxygen atoms in total. The van der Waals surface area contributed by atoms with Gasteiger partial charge in [-0.05, 0) is 43.0 Å². The lowest BCUT2D eigenvalue weighted by Gasteiger charge is -2.20. The van der Waals surface area contributed by atoms with Crippen molar-refractivity contribution < 1.29 is 4.79 Å². The Hall–Kier alpha value is -0.540. The van der Waals surface area contributed by atoms with Crippen LogP contribution < -0.4 is 0 Å². The highest BCUT2D eigenvalue weighted by Gasteiger charge is 2.23. The SMILES string of the molecule is CC(Cc1cc(Cl)ccc1Br)C(=O)N1CCCC1. The smallest absolute Gasteiger partial charge is 0.225 e. The highest BCUT2D eigenvalue weighted by atomic mass is 79.9. The molecule has 0 spiro atoms. The van der Waals surface area contributed by atoms with Gasteiger partial charge in [0.25, 0.3) is 0 Å². The van der Waals surface area contributed by atoms with Crippen LogP contribution in [0.5, 0.6) is 0 Å². The molecule has 18 heavy (non-hydrogen) atoms. The lowest BCUT2D eigenvalue weighted by Crippen LogP contribution is -2.33. The Balaban J connectivity index is 2.03. The average molecular weight is 331 g/mol.